The zero-order chi connectivity index (χ0) is 6.85. The van der Waals surface area contributed by atoms with E-state index in [4.69, 9.17) is 10.4 Å². The number of aromatic nitrogens is 1. The van der Waals surface area contributed by atoms with Crippen molar-refractivity contribution >= 4 is 18.1 Å². The van der Waals surface area contributed by atoms with Crippen molar-refractivity contribution in [2.75, 3.05) is 5.43 Å². The number of halogens is 1. The smallest absolute Gasteiger partial charge is 0.158 e. The Morgan fingerprint density at radius 2 is 2.10 bits per heavy atom. The van der Waals surface area contributed by atoms with Crippen molar-refractivity contribution in [3.05, 3.63) is 11.5 Å². The Morgan fingerprint density at radius 1 is 1.50 bits per heavy atom. The minimum absolute atomic E-state index is 0. The third kappa shape index (κ3) is 1.40. The molecule has 0 aliphatic rings. The van der Waals surface area contributed by atoms with Crippen LogP contribution in [-0.2, 0) is 0 Å². The van der Waals surface area contributed by atoms with Crippen molar-refractivity contribution < 1.29 is 4.52 Å². The minimum atomic E-state index is 0. The lowest BCUT2D eigenvalue weighted by atomic mass is 10.3. The fourth-order valence-corrected chi connectivity index (χ4v) is 0.689. The van der Waals surface area contributed by atoms with Crippen LogP contribution in [0.4, 0.5) is 5.69 Å². The minimum Gasteiger partial charge on any atom is -0.359 e. The monoisotopic (exact) mass is 163 g/mol. The lowest BCUT2D eigenvalue weighted by Gasteiger charge is -1.93. The third-order valence-electron chi connectivity index (χ3n) is 1.18. The van der Waals surface area contributed by atoms with Crippen LogP contribution < -0.4 is 11.3 Å². The first-order valence-electron chi connectivity index (χ1n) is 2.65. The second-order valence-electron chi connectivity index (χ2n) is 1.84. The maximum atomic E-state index is 5.15. The van der Waals surface area contributed by atoms with Crippen LogP contribution in [0.1, 0.15) is 11.5 Å². The third-order valence-corrected chi connectivity index (χ3v) is 1.18. The molecule has 0 amide bonds. The second kappa shape index (κ2) is 3.43. The molecule has 0 unspecified atom stereocenters. The summed E-state index contributed by atoms with van der Waals surface area (Å²) in [5.74, 6) is 5.86. The second-order valence-corrected chi connectivity index (χ2v) is 1.84. The maximum absolute atomic E-state index is 5.15. The summed E-state index contributed by atoms with van der Waals surface area (Å²) in [6.45, 7) is 3.63. The van der Waals surface area contributed by atoms with E-state index in [1.165, 1.54) is 0 Å². The number of aryl methyl sites for hydroxylation is 2. The predicted octanol–water partition coefficient (Wildman–Crippen LogP) is 0.999. The highest BCUT2D eigenvalue weighted by Gasteiger charge is 2.04. The Morgan fingerprint density at radius 3 is 2.30 bits per heavy atom. The first-order chi connectivity index (χ1) is 4.25. The molecule has 1 rings (SSSR count). The average Bonchev–Trinajstić information content (AvgIpc) is 2.12. The standard InChI is InChI=1S/C5H9N3O.ClH/c1-3-5(7-6)4(2)9-8-3;/h7H,6H2,1-2H3;1H. The van der Waals surface area contributed by atoms with Gasteiger partial charge >= 0.3 is 0 Å². The Bertz CT molecular complexity index is 191. The lowest BCUT2D eigenvalue weighted by molar-refractivity contribution is 0.393. The molecule has 0 aliphatic heterocycles. The van der Waals surface area contributed by atoms with E-state index in [9.17, 15) is 0 Å². The summed E-state index contributed by atoms with van der Waals surface area (Å²) in [7, 11) is 0. The summed E-state index contributed by atoms with van der Waals surface area (Å²) in [6, 6.07) is 0. The Balaban J connectivity index is 0.000000810. The van der Waals surface area contributed by atoms with Crippen LogP contribution in [0, 0.1) is 13.8 Å². The van der Waals surface area contributed by atoms with E-state index >= 15 is 0 Å². The SMILES string of the molecule is Cc1noc(C)c1NN.Cl. The summed E-state index contributed by atoms with van der Waals surface area (Å²) in [5.41, 5.74) is 4.05. The summed E-state index contributed by atoms with van der Waals surface area (Å²) in [5, 5.41) is 3.67. The number of nitrogens with zero attached hydrogens (tertiary/aromatic N) is 1. The van der Waals surface area contributed by atoms with Crippen molar-refractivity contribution in [3.63, 3.8) is 0 Å². The molecule has 1 aromatic heterocycles. The van der Waals surface area contributed by atoms with E-state index in [0.29, 0.717) is 0 Å². The van der Waals surface area contributed by atoms with Gasteiger partial charge in [-0.25, -0.2) is 0 Å². The number of hydrazine groups is 1. The number of hydrogen-bond donors (Lipinski definition) is 2. The highest BCUT2D eigenvalue weighted by molar-refractivity contribution is 5.85. The van der Waals surface area contributed by atoms with Crippen LogP contribution in [0.5, 0.6) is 0 Å². The topological polar surface area (TPSA) is 64.1 Å². The molecule has 0 saturated heterocycles. The van der Waals surface area contributed by atoms with E-state index < -0.39 is 0 Å². The number of rotatable bonds is 1. The molecule has 0 spiro atoms. The Labute approximate surface area is 65.1 Å². The van der Waals surface area contributed by atoms with Gasteiger partial charge in [-0.3, -0.25) is 5.84 Å². The van der Waals surface area contributed by atoms with E-state index in [-0.39, 0.29) is 12.4 Å². The van der Waals surface area contributed by atoms with Gasteiger partial charge in [-0.1, -0.05) is 5.16 Å². The van der Waals surface area contributed by atoms with Gasteiger partial charge < -0.3 is 9.95 Å². The molecule has 4 nitrogen and oxygen atoms in total. The molecule has 0 fully saturated rings. The number of nitrogens with one attached hydrogen (secondary N) is 1. The number of hydrogen-bond acceptors (Lipinski definition) is 4. The van der Waals surface area contributed by atoms with Crippen LogP contribution in [0.25, 0.3) is 0 Å². The van der Waals surface area contributed by atoms with E-state index in [0.717, 1.165) is 17.1 Å². The van der Waals surface area contributed by atoms with E-state index in [1.807, 2.05) is 6.92 Å². The fourth-order valence-electron chi connectivity index (χ4n) is 0.689. The molecule has 0 aromatic carbocycles. The number of nitrogens with two attached hydrogens (primary N) is 1. The van der Waals surface area contributed by atoms with Gasteiger partial charge in [0, 0.05) is 0 Å². The van der Waals surface area contributed by atoms with Gasteiger partial charge in [0.05, 0.1) is 0 Å². The fraction of sp³-hybridized carbons (Fsp3) is 0.400. The van der Waals surface area contributed by atoms with Crippen LogP contribution in [0.3, 0.4) is 0 Å². The van der Waals surface area contributed by atoms with Crippen molar-refractivity contribution in [2.45, 2.75) is 13.8 Å². The zero-order valence-corrected chi connectivity index (χ0v) is 6.66. The molecular formula is C5H10ClN3O. The van der Waals surface area contributed by atoms with Crippen LogP contribution >= 0.6 is 12.4 Å². The first kappa shape index (κ1) is 9.26. The van der Waals surface area contributed by atoms with E-state index in [2.05, 4.69) is 10.6 Å². The molecule has 0 radical (unpaired) electrons. The molecule has 0 aliphatic carbocycles. The predicted molar refractivity (Wildman–Crippen MR) is 41.0 cm³/mol. The van der Waals surface area contributed by atoms with Crippen molar-refractivity contribution in [1.29, 1.82) is 0 Å². The van der Waals surface area contributed by atoms with Crippen molar-refractivity contribution in [2.24, 2.45) is 5.84 Å². The summed E-state index contributed by atoms with van der Waals surface area (Å²) >= 11 is 0. The van der Waals surface area contributed by atoms with Crippen molar-refractivity contribution in [1.82, 2.24) is 5.16 Å². The Hall–Kier alpha value is -0.740. The molecule has 3 N–H and O–H groups in total. The quantitative estimate of drug-likeness (QED) is 0.479. The summed E-state index contributed by atoms with van der Waals surface area (Å²) < 4.78 is 4.79. The molecule has 58 valence electrons. The molecule has 0 bridgehead atoms. The molecule has 1 heterocycles. The van der Waals surface area contributed by atoms with Gasteiger partial charge in [-0.15, -0.1) is 12.4 Å². The van der Waals surface area contributed by atoms with Gasteiger partial charge in [-0.05, 0) is 13.8 Å². The molecule has 0 saturated carbocycles. The number of anilines is 1. The summed E-state index contributed by atoms with van der Waals surface area (Å²) in [6.07, 6.45) is 0. The molecule has 10 heavy (non-hydrogen) atoms. The lowest BCUT2D eigenvalue weighted by Crippen LogP contribution is -2.07. The highest BCUT2D eigenvalue weighted by Crippen LogP contribution is 2.16. The van der Waals surface area contributed by atoms with Gasteiger partial charge in [0.25, 0.3) is 0 Å². The van der Waals surface area contributed by atoms with Gasteiger partial charge in [0.15, 0.2) is 5.76 Å². The van der Waals surface area contributed by atoms with Gasteiger partial charge in [0.2, 0.25) is 0 Å². The van der Waals surface area contributed by atoms with E-state index in [1.54, 1.807) is 6.92 Å². The molecule has 1 aromatic rings. The average molecular weight is 164 g/mol. The summed E-state index contributed by atoms with van der Waals surface area (Å²) in [4.78, 5) is 0. The van der Waals surface area contributed by atoms with Crippen LogP contribution in [-0.4, -0.2) is 5.16 Å². The molecule has 5 heteroatoms. The normalized spacial score (nSPS) is 8.70. The number of nitrogen functional groups attached to an aromatic ring is 1. The van der Waals surface area contributed by atoms with Crippen LogP contribution in [0.15, 0.2) is 4.52 Å². The largest absolute Gasteiger partial charge is 0.359 e. The van der Waals surface area contributed by atoms with Crippen LogP contribution in [0.2, 0.25) is 0 Å². The van der Waals surface area contributed by atoms with Crippen molar-refractivity contribution in [3.8, 4) is 0 Å². The molecule has 0 atom stereocenters. The van der Waals surface area contributed by atoms with Gasteiger partial charge in [0.1, 0.15) is 11.4 Å². The Kier molecular flexibility index (Phi) is 3.18. The highest BCUT2D eigenvalue weighted by atomic mass is 35.5. The zero-order valence-electron chi connectivity index (χ0n) is 5.84. The first-order valence-corrected chi connectivity index (χ1v) is 2.65. The maximum Gasteiger partial charge on any atom is 0.158 e. The molecular weight excluding hydrogens is 154 g/mol. The van der Waals surface area contributed by atoms with Gasteiger partial charge in [-0.2, -0.15) is 0 Å².